The third-order valence-corrected chi connectivity index (χ3v) is 2.89. The quantitative estimate of drug-likeness (QED) is 0.780. The van der Waals surface area contributed by atoms with Crippen molar-refractivity contribution in [1.82, 2.24) is 9.55 Å². The largest absolute Gasteiger partial charge is 0.416 e. The highest BCUT2D eigenvalue weighted by atomic mass is 79.9. The van der Waals surface area contributed by atoms with Crippen molar-refractivity contribution in [2.45, 2.75) is 13.1 Å². The highest BCUT2D eigenvalue weighted by Crippen LogP contribution is 2.31. The van der Waals surface area contributed by atoms with Crippen LogP contribution in [0.5, 0.6) is 0 Å². The molecule has 2 rings (SSSR count). The number of alkyl halides is 3. The molecule has 6 heteroatoms. The highest BCUT2D eigenvalue weighted by Gasteiger charge is 2.30. The normalized spacial score (nSPS) is 11.8. The lowest BCUT2D eigenvalue weighted by Gasteiger charge is -2.11. The molecule has 0 saturated carbocycles. The summed E-state index contributed by atoms with van der Waals surface area (Å²) in [5, 5.41) is 0. The minimum atomic E-state index is -4.34. The minimum absolute atomic E-state index is 0.432. The molecular weight excluding hydrogens is 297 g/mol. The zero-order valence-electron chi connectivity index (χ0n) is 8.79. The van der Waals surface area contributed by atoms with E-state index in [9.17, 15) is 13.2 Å². The van der Waals surface area contributed by atoms with E-state index >= 15 is 0 Å². The molecule has 0 radical (unpaired) electrons. The molecule has 0 atom stereocenters. The fraction of sp³-hybridized carbons (Fsp3) is 0.182. The molecule has 2 nitrogen and oxygen atoms in total. The van der Waals surface area contributed by atoms with Crippen molar-refractivity contribution in [3.63, 3.8) is 0 Å². The lowest BCUT2D eigenvalue weighted by atomic mass is 10.2. The second-order valence-electron chi connectivity index (χ2n) is 3.51. The van der Waals surface area contributed by atoms with Crippen LogP contribution in [0.4, 0.5) is 13.2 Å². The first-order valence-electron chi connectivity index (χ1n) is 4.77. The van der Waals surface area contributed by atoms with Crippen LogP contribution in [0.15, 0.2) is 35.1 Å². The number of aryl methyl sites for hydroxylation is 1. The zero-order chi connectivity index (χ0) is 12.6. The van der Waals surface area contributed by atoms with E-state index in [2.05, 4.69) is 20.9 Å². The van der Waals surface area contributed by atoms with Gasteiger partial charge in [-0.3, -0.25) is 4.57 Å². The van der Waals surface area contributed by atoms with Crippen LogP contribution in [0.2, 0.25) is 0 Å². The van der Waals surface area contributed by atoms with Crippen LogP contribution in [0.25, 0.3) is 5.69 Å². The number of hydrogen-bond donors (Lipinski definition) is 0. The van der Waals surface area contributed by atoms with E-state index in [1.165, 1.54) is 6.07 Å². The van der Waals surface area contributed by atoms with Crippen LogP contribution in [-0.2, 0) is 6.18 Å². The molecule has 0 aliphatic rings. The van der Waals surface area contributed by atoms with Crippen LogP contribution in [-0.4, -0.2) is 9.55 Å². The van der Waals surface area contributed by atoms with Gasteiger partial charge in [0.05, 0.1) is 11.8 Å². The second-order valence-corrected chi connectivity index (χ2v) is 4.32. The summed E-state index contributed by atoms with van der Waals surface area (Å²) >= 11 is 3.25. The predicted octanol–water partition coefficient (Wildman–Crippen LogP) is 3.96. The fourth-order valence-electron chi connectivity index (χ4n) is 1.55. The van der Waals surface area contributed by atoms with Crippen molar-refractivity contribution in [3.8, 4) is 5.69 Å². The van der Waals surface area contributed by atoms with Gasteiger partial charge in [0.1, 0.15) is 10.4 Å². The first-order valence-corrected chi connectivity index (χ1v) is 5.56. The maximum absolute atomic E-state index is 12.6. The van der Waals surface area contributed by atoms with Crippen LogP contribution < -0.4 is 0 Å². The Morgan fingerprint density at radius 1 is 1.29 bits per heavy atom. The summed E-state index contributed by atoms with van der Waals surface area (Å²) in [4.78, 5) is 4.02. The van der Waals surface area contributed by atoms with Crippen molar-refractivity contribution >= 4 is 15.9 Å². The maximum Gasteiger partial charge on any atom is 0.416 e. The van der Waals surface area contributed by atoms with Gasteiger partial charge in [0, 0.05) is 5.69 Å². The van der Waals surface area contributed by atoms with Crippen LogP contribution in [0.3, 0.4) is 0 Å². The van der Waals surface area contributed by atoms with Crippen molar-refractivity contribution in [2.75, 3.05) is 0 Å². The van der Waals surface area contributed by atoms with E-state index in [4.69, 9.17) is 0 Å². The molecule has 0 spiro atoms. The van der Waals surface area contributed by atoms with E-state index in [0.29, 0.717) is 16.1 Å². The summed E-state index contributed by atoms with van der Waals surface area (Å²) in [6, 6.07) is 5.13. The van der Waals surface area contributed by atoms with Gasteiger partial charge in [0.25, 0.3) is 0 Å². The molecule has 1 heterocycles. The van der Waals surface area contributed by atoms with E-state index in [-0.39, 0.29) is 0 Å². The van der Waals surface area contributed by atoms with Crippen LogP contribution in [0, 0.1) is 6.92 Å². The molecule has 0 aliphatic carbocycles. The van der Waals surface area contributed by atoms with Crippen molar-refractivity contribution in [3.05, 3.63) is 46.5 Å². The number of aromatic nitrogens is 2. The van der Waals surface area contributed by atoms with E-state index in [1.807, 2.05) is 0 Å². The van der Waals surface area contributed by atoms with Gasteiger partial charge in [-0.25, -0.2) is 4.98 Å². The van der Waals surface area contributed by atoms with E-state index in [1.54, 1.807) is 23.8 Å². The fourth-order valence-corrected chi connectivity index (χ4v) is 2.11. The average molecular weight is 305 g/mol. The second kappa shape index (κ2) is 4.18. The third kappa shape index (κ3) is 2.36. The summed E-state index contributed by atoms with van der Waals surface area (Å²) in [5.74, 6) is 0.621. The molecule has 90 valence electrons. The van der Waals surface area contributed by atoms with Gasteiger partial charge in [-0.2, -0.15) is 13.2 Å². The summed E-state index contributed by atoms with van der Waals surface area (Å²) < 4.78 is 39.9. The summed E-state index contributed by atoms with van der Waals surface area (Å²) in [6.45, 7) is 1.73. The van der Waals surface area contributed by atoms with Crippen LogP contribution >= 0.6 is 15.9 Å². The predicted molar refractivity (Wildman–Crippen MR) is 61.0 cm³/mol. The molecule has 0 amide bonds. The molecule has 17 heavy (non-hydrogen) atoms. The Kier molecular flexibility index (Phi) is 2.99. The van der Waals surface area contributed by atoms with Gasteiger partial charge in [0.2, 0.25) is 0 Å². The number of nitrogens with zero attached hydrogens (tertiary/aromatic N) is 2. The Bertz CT molecular complexity index is 526. The maximum atomic E-state index is 12.6. The monoisotopic (exact) mass is 304 g/mol. The molecule has 0 fully saturated rings. The molecule has 2 aromatic rings. The van der Waals surface area contributed by atoms with Gasteiger partial charge < -0.3 is 0 Å². The van der Waals surface area contributed by atoms with Gasteiger partial charge >= 0.3 is 6.18 Å². The number of imidazole rings is 1. The van der Waals surface area contributed by atoms with Crippen LogP contribution in [0.1, 0.15) is 11.4 Å². The number of hydrogen-bond acceptors (Lipinski definition) is 1. The lowest BCUT2D eigenvalue weighted by molar-refractivity contribution is -0.137. The van der Waals surface area contributed by atoms with E-state index in [0.717, 1.165) is 12.1 Å². The first kappa shape index (κ1) is 12.2. The topological polar surface area (TPSA) is 17.8 Å². The third-order valence-electron chi connectivity index (χ3n) is 2.33. The number of rotatable bonds is 1. The van der Waals surface area contributed by atoms with Gasteiger partial charge in [-0.1, -0.05) is 6.07 Å². The van der Waals surface area contributed by atoms with Gasteiger partial charge in [-0.05, 0) is 41.1 Å². The Labute approximate surface area is 104 Å². The Morgan fingerprint density at radius 3 is 2.53 bits per heavy atom. The van der Waals surface area contributed by atoms with Crippen molar-refractivity contribution < 1.29 is 13.2 Å². The molecular formula is C11H8BrF3N2. The highest BCUT2D eigenvalue weighted by molar-refractivity contribution is 9.10. The molecule has 0 unspecified atom stereocenters. The summed E-state index contributed by atoms with van der Waals surface area (Å²) in [6.07, 6.45) is -2.79. The number of halogens is 4. The van der Waals surface area contributed by atoms with E-state index < -0.39 is 11.7 Å². The lowest BCUT2D eigenvalue weighted by Crippen LogP contribution is -2.06. The molecule has 1 aromatic carbocycles. The minimum Gasteiger partial charge on any atom is -0.291 e. The van der Waals surface area contributed by atoms with Crippen molar-refractivity contribution in [2.24, 2.45) is 0 Å². The zero-order valence-corrected chi connectivity index (χ0v) is 10.4. The van der Waals surface area contributed by atoms with Gasteiger partial charge in [0.15, 0.2) is 0 Å². The molecule has 0 N–H and O–H groups in total. The summed E-state index contributed by atoms with van der Waals surface area (Å²) in [5.41, 5.74) is -0.239. The molecule has 1 aromatic heterocycles. The SMILES string of the molecule is Cc1ncc(Br)n1-c1cccc(C(F)(F)F)c1. The Morgan fingerprint density at radius 2 is 2.00 bits per heavy atom. The standard InChI is InChI=1S/C11H8BrF3N2/c1-7-16-6-10(12)17(7)9-4-2-3-8(5-9)11(13,14)15/h2-6H,1H3. The average Bonchev–Trinajstić information content (AvgIpc) is 2.57. The molecule has 0 bridgehead atoms. The summed E-state index contributed by atoms with van der Waals surface area (Å²) in [7, 11) is 0. The number of benzene rings is 1. The Balaban J connectivity index is 2.55. The molecule has 0 aliphatic heterocycles. The smallest absolute Gasteiger partial charge is 0.291 e. The molecule has 0 saturated heterocycles. The van der Waals surface area contributed by atoms with Gasteiger partial charge in [-0.15, -0.1) is 0 Å². The van der Waals surface area contributed by atoms with Crippen molar-refractivity contribution in [1.29, 1.82) is 0 Å². The Hall–Kier alpha value is -1.30. The first-order chi connectivity index (χ1) is 7.89.